The molecule has 0 amide bonds. The SMILES string of the molecule is Cc1c(O)ncc2c(Br)cccc12. The van der Waals surface area contributed by atoms with E-state index in [1.807, 2.05) is 25.1 Å². The summed E-state index contributed by atoms with van der Waals surface area (Å²) in [5, 5.41) is 11.4. The van der Waals surface area contributed by atoms with Gasteiger partial charge in [-0.3, -0.25) is 0 Å². The summed E-state index contributed by atoms with van der Waals surface area (Å²) in [5.41, 5.74) is 0.818. The molecule has 0 bridgehead atoms. The number of hydrogen-bond acceptors (Lipinski definition) is 2. The molecule has 13 heavy (non-hydrogen) atoms. The lowest BCUT2D eigenvalue weighted by atomic mass is 10.1. The van der Waals surface area contributed by atoms with E-state index < -0.39 is 0 Å². The average molecular weight is 238 g/mol. The van der Waals surface area contributed by atoms with Gasteiger partial charge >= 0.3 is 0 Å². The number of hydrogen-bond donors (Lipinski definition) is 1. The van der Waals surface area contributed by atoms with E-state index in [0.717, 1.165) is 20.8 Å². The fraction of sp³-hybridized carbons (Fsp3) is 0.100. The van der Waals surface area contributed by atoms with Gasteiger partial charge in [-0.2, -0.15) is 0 Å². The van der Waals surface area contributed by atoms with Crippen LogP contribution < -0.4 is 0 Å². The lowest BCUT2D eigenvalue weighted by Crippen LogP contribution is -1.84. The summed E-state index contributed by atoms with van der Waals surface area (Å²) in [6, 6.07) is 5.87. The fourth-order valence-corrected chi connectivity index (χ4v) is 1.81. The van der Waals surface area contributed by atoms with E-state index in [4.69, 9.17) is 0 Å². The number of aryl methyl sites for hydroxylation is 1. The molecule has 1 aromatic carbocycles. The largest absolute Gasteiger partial charge is 0.493 e. The van der Waals surface area contributed by atoms with Gasteiger partial charge in [0.2, 0.25) is 5.88 Å². The summed E-state index contributed by atoms with van der Waals surface area (Å²) in [6.07, 6.45) is 1.67. The molecule has 0 atom stereocenters. The van der Waals surface area contributed by atoms with E-state index in [1.54, 1.807) is 6.20 Å². The summed E-state index contributed by atoms with van der Waals surface area (Å²) in [5.74, 6) is 0.102. The van der Waals surface area contributed by atoms with Crippen molar-refractivity contribution in [2.45, 2.75) is 6.92 Å². The van der Waals surface area contributed by atoms with Crippen LogP contribution in [0.4, 0.5) is 0 Å². The molecule has 0 aliphatic heterocycles. The molecule has 2 aromatic rings. The lowest BCUT2D eigenvalue weighted by Gasteiger charge is -2.04. The summed E-state index contributed by atoms with van der Waals surface area (Å²) in [4.78, 5) is 3.89. The Morgan fingerprint density at radius 2 is 2.08 bits per heavy atom. The number of aromatic hydroxyl groups is 1. The maximum absolute atomic E-state index is 9.38. The molecule has 0 unspecified atom stereocenters. The van der Waals surface area contributed by atoms with Crippen LogP contribution >= 0.6 is 15.9 Å². The van der Waals surface area contributed by atoms with Gasteiger partial charge in [-0.1, -0.05) is 28.1 Å². The van der Waals surface area contributed by atoms with Gasteiger partial charge < -0.3 is 5.11 Å². The Kier molecular flexibility index (Phi) is 1.96. The first kappa shape index (κ1) is 8.51. The summed E-state index contributed by atoms with van der Waals surface area (Å²) in [6.45, 7) is 1.86. The van der Waals surface area contributed by atoms with Crippen molar-refractivity contribution in [3.05, 3.63) is 34.4 Å². The van der Waals surface area contributed by atoms with E-state index in [-0.39, 0.29) is 5.88 Å². The molecule has 0 radical (unpaired) electrons. The highest BCUT2D eigenvalue weighted by Gasteiger charge is 2.04. The zero-order chi connectivity index (χ0) is 9.42. The summed E-state index contributed by atoms with van der Waals surface area (Å²) in [7, 11) is 0. The Bertz CT molecular complexity index is 468. The molecule has 2 nitrogen and oxygen atoms in total. The molecule has 1 aromatic heterocycles. The summed E-state index contributed by atoms with van der Waals surface area (Å²) < 4.78 is 1.00. The minimum Gasteiger partial charge on any atom is -0.493 e. The number of halogens is 1. The summed E-state index contributed by atoms with van der Waals surface area (Å²) >= 11 is 3.43. The normalized spacial score (nSPS) is 10.6. The predicted octanol–water partition coefficient (Wildman–Crippen LogP) is 3.01. The first-order valence-corrected chi connectivity index (χ1v) is 4.72. The topological polar surface area (TPSA) is 33.1 Å². The maximum Gasteiger partial charge on any atom is 0.214 e. The van der Waals surface area contributed by atoms with Gasteiger partial charge in [-0.15, -0.1) is 0 Å². The second-order valence-electron chi connectivity index (χ2n) is 2.91. The smallest absolute Gasteiger partial charge is 0.214 e. The van der Waals surface area contributed by atoms with Gasteiger partial charge in [0.05, 0.1) is 0 Å². The predicted molar refractivity (Wildman–Crippen MR) is 55.8 cm³/mol. The van der Waals surface area contributed by atoms with Crippen LogP contribution in [0.25, 0.3) is 10.8 Å². The van der Waals surface area contributed by atoms with E-state index in [2.05, 4.69) is 20.9 Å². The van der Waals surface area contributed by atoms with Gasteiger partial charge in [-0.25, -0.2) is 4.98 Å². The first-order valence-electron chi connectivity index (χ1n) is 3.93. The molecule has 0 aliphatic carbocycles. The molecule has 0 fully saturated rings. The highest BCUT2D eigenvalue weighted by molar-refractivity contribution is 9.10. The zero-order valence-electron chi connectivity index (χ0n) is 7.08. The molecule has 1 N–H and O–H groups in total. The lowest BCUT2D eigenvalue weighted by molar-refractivity contribution is 0.450. The monoisotopic (exact) mass is 237 g/mol. The van der Waals surface area contributed by atoms with Gasteiger partial charge in [-0.05, 0) is 18.4 Å². The third-order valence-electron chi connectivity index (χ3n) is 2.11. The Labute approximate surface area is 84.4 Å². The van der Waals surface area contributed by atoms with Crippen molar-refractivity contribution in [2.24, 2.45) is 0 Å². The zero-order valence-corrected chi connectivity index (χ0v) is 8.67. The molecule has 3 heteroatoms. The quantitative estimate of drug-likeness (QED) is 0.765. The molecule has 0 spiro atoms. The standard InChI is InChI=1S/C10H8BrNO/c1-6-7-3-2-4-9(11)8(7)5-12-10(6)13/h2-5H,1H3,(H,12,13). The minimum absolute atomic E-state index is 0.102. The molecule has 0 saturated carbocycles. The van der Waals surface area contributed by atoms with Crippen LogP contribution in [0.2, 0.25) is 0 Å². The molecular formula is C10H8BrNO. The molecule has 0 aliphatic rings. The Morgan fingerprint density at radius 3 is 2.85 bits per heavy atom. The van der Waals surface area contributed by atoms with Gasteiger partial charge in [0.25, 0.3) is 0 Å². The third kappa shape index (κ3) is 1.29. The van der Waals surface area contributed by atoms with Gasteiger partial charge in [0.15, 0.2) is 0 Å². The highest BCUT2D eigenvalue weighted by Crippen LogP contribution is 2.28. The Balaban J connectivity index is 2.94. The third-order valence-corrected chi connectivity index (χ3v) is 2.80. The van der Waals surface area contributed by atoms with Crippen LogP contribution in [0.5, 0.6) is 5.88 Å². The van der Waals surface area contributed by atoms with Crippen LogP contribution in [0.3, 0.4) is 0 Å². The number of pyridine rings is 1. The van der Waals surface area contributed by atoms with Gasteiger partial charge in [0.1, 0.15) is 0 Å². The van der Waals surface area contributed by atoms with Crippen LogP contribution in [0.1, 0.15) is 5.56 Å². The fourth-order valence-electron chi connectivity index (χ4n) is 1.34. The van der Waals surface area contributed by atoms with Crippen LogP contribution in [0.15, 0.2) is 28.9 Å². The number of rotatable bonds is 0. The Hall–Kier alpha value is -1.09. The van der Waals surface area contributed by atoms with Crippen molar-refractivity contribution >= 4 is 26.7 Å². The average Bonchev–Trinajstić information content (AvgIpc) is 2.12. The second-order valence-corrected chi connectivity index (χ2v) is 3.76. The highest BCUT2D eigenvalue weighted by atomic mass is 79.9. The van der Waals surface area contributed by atoms with Crippen LogP contribution in [0, 0.1) is 6.92 Å². The van der Waals surface area contributed by atoms with E-state index in [9.17, 15) is 5.11 Å². The van der Waals surface area contributed by atoms with Crippen molar-refractivity contribution in [2.75, 3.05) is 0 Å². The van der Waals surface area contributed by atoms with Gasteiger partial charge in [0, 0.05) is 21.6 Å². The van der Waals surface area contributed by atoms with Crippen molar-refractivity contribution < 1.29 is 5.11 Å². The molecular weight excluding hydrogens is 230 g/mol. The number of nitrogens with zero attached hydrogens (tertiary/aromatic N) is 1. The second kappa shape index (κ2) is 3.00. The number of benzene rings is 1. The van der Waals surface area contributed by atoms with E-state index >= 15 is 0 Å². The minimum atomic E-state index is 0.102. The Morgan fingerprint density at radius 1 is 1.31 bits per heavy atom. The van der Waals surface area contributed by atoms with Crippen LogP contribution in [-0.2, 0) is 0 Å². The maximum atomic E-state index is 9.38. The van der Waals surface area contributed by atoms with Crippen LogP contribution in [-0.4, -0.2) is 10.1 Å². The van der Waals surface area contributed by atoms with Crippen molar-refractivity contribution in [3.63, 3.8) is 0 Å². The number of fused-ring (bicyclic) bond motifs is 1. The molecule has 1 heterocycles. The van der Waals surface area contributed by atoms with Crippen molar-refractivity contribution in [1.82, 2.24) is 4.98 Å². The first-order chi connectivity index (χ1) is 6.20. The molecule has 0 saturated heterocycles. The van der Waals surface area contributed by atoms with Crippen molar-refractivity contribution in [3.8, 4) is 5.88 Å². The van der Waals surface area contributed by atoms with E-state index in [1.165, 1.54) is 0 Å². The molecule has 66 valence electrons. The van der Waals surface area contributed by atoms with Crippen molar-refractivity contribution in [1.29, 1.82) is 0 Å². The number of aromatic nitrogens is 1. The van der Waals surface area contributed by atoms with E-state index in [0.29, 0.717) is 0 Å². The molecule has 2 rings (SSSR count).